The van der Waals surface area contributed by atoms with E-state index >= 15 is 0 Å². The number of carbonyl (C=O) groups is 1. The average Bonchev–Trinajstić information content (AvgIpc) is 2.58. The van der Waals surface area contributed by atoms with Gasteiger partial charge in [0, 0.05) is 43.9 Å². The molecule has 0 aromatic heterocycles. The van der Waals surface area contributed by atoms with E-state index in [1.165, 1.54) is 0 Å². The van der Waals surface area contributed by atoms with Crippen LogP contribution in [0.2, 0.25) is 5.02 Å². The third-order valence-electron chi connectivity index (χ3n) is 4.01. The van der Waals surface area contributed by atoms with Crippen LogP contribution in [0.3, 0.4) is 0 Å². The Morgan fingerprint density at radius 1 is 1.22 bits per heavy atom. The topological polar surface area (TPSA) is 65.2 Å². The predicted molar refractivity (Wildman–Crippen MR) is 111 cm³/mol. The predicted octanol–water partition coefficient (Wildman–Crippen LogP) is 2.42. The van der Waals surface area contributed by atoms with E-state index in [4.69, 9.17) is 17.3 Å². The van der Waals surface area contributed by atoms with Gasteiger partial charge < -0.3 is 20.4 Å². The highest BCUT2D eigenvalue weighted by Crippen LogP contribution is 2.19. The van der Waals surface area contributed by atoms with Gasteiger partial charge >= 0.3 is 6.18 Å². The number of halogens is 5. The second kappa shape index (κ2) is 10.2. The zero-order chi connectivity index (χ0) is 19.3. The fraction of sp³-hybridized carbons (Fsp3) is 0.500. The second-order valence-electron chi connectivity index (χ2n) is 5.99. The molecule has 0 aliphatic carbocycles. The number of amides is 1. The lowest BCUT2D eigenvalue weighted by Gasteiger charge is -2.36. The summed E-state index contributed by atoms with van der Waals surface area (Å²) in [5, 5.41) is 0.670. The van der Waals surface area contributed by atoms with E-state index in [9.17, 15) is 18.0 Å². The fourth-order valence-electron chi connectivity index (χ4n) is 2.57. The van der Waals surface area contributed by atoms with Crippen LogP contribution in [0.5, 0.6) is 0 Å². The molecule has 2 rings (SSSR count). The van der Waals surface area contributed by atoms with E-state index < -0.39 is 25.2 Å². The molecule has 1 amide bonds. The van der Waals surface area contributed by atoms with Crippen molar-refractivity contribution in [3.63, 3.8) is 0 Å². The van der Waals surface area contributed by atoms with Gasteiger partial charge in [-0.25, -0.2) is 4.99 Å². The molecule has 1 heterocycles. The van der Waals surface area contributed by atoms with Gasteiger partial charge in [-0.15, -0.1) is 24.0 Å². The summed E-state index contributed by atoms with van der Waals surface area (Å²) in [6.07, 6.45) is -4.43. The van der Waals surface area contributed by atoms with E-state index in [2.05, 4.69) is 9.89 Å². The van der Waals surface area contributed by atoms with Crippen LogP contribution < -0.4 is 10.6 Å². The van der Waals surface area contributed by atoms with Gasteiger partial charge in [-0.3, -0.25) is 4.79 Å². The van der Waals surface area contributed by atoms with Crippen molar-refractivity contribution in [2.24, 2.45) is 10.7 Å². The van der Waals surface area contributed by atoms with Gasteiger partial charge in [0.25, 0.3) is 0 Å². The van der Waals surface area contributed by atoms with Crippen molar-refractivity contribution in [1.29, 1.82) is 0 Å². The summed E-state index contributed by atoms with van der Waals surface area (Å²) in [6.45, 7) is 0.908. The molecule has 2 N–H and O–H groups in total. The molecule has 0 spiro atoms. The molecule has 27 heavy (non-hydrogen) atoms. The Hall–Kier alpha value is -1.43. The summed E-state index contributed by atoms with van der Waals surface area (Å²) in [4.78, 5) is 20.2. The molecule has 1 saturated heterocycles. The Bertz CT molecular complexity index is 648. The lowest BCUT2D eigenvalue weighted by Crippen LogP contribution is -2.51. The Morgan fingerprint density at radius 3 is 2.30 bits per heavy atom. The fourth-order valence-corrected chi connectivity index (χ4v) is 2.70. The number of aliphatic imine (C=N–C) groups is 1. The smallest absolute Gasteiger partial charge is 0.370 e. The number of hydrogen-bond acceptors (Lipinski definition) is 3. The first kappa shape index (κ1) is 23.6. The number of nitrogens with two attached hydrogens (primary N) is 1. The Kier molecular flexibility index (Phi) is 8.92. The van der Waals surface area contributed by atoms with Gasteiger partial charge in [0.05, 0.1) is 0 Å². The van der Waals surface area contributed by atoms with Crippen LogP contribution in [-0.2, 0) is 4.79 Å². The molecule has 0 unspecified atom stereocenters. The monoisotopic (exact) mass is 519 g/mol. The minimum absolute atomic E-state index is 0. The van der Waals surface area contributed by atoms with Crippen LogP contribution >= 0.6 is 35.6 Å². The van der Waals surface area contributed by atoms with Gasteiger partial charge in [-0.05, 0) is 24.3 Å². The number of carbonyl (C=O) groups excluding carboxylic acids is 1. The van der Waals surface area contributed by atoms with Gasteiger partial charge in [0.1, 0.15) is 13.1 Å². The maximum Gasteiger partial charge on any atom is 0.406 e. The molecule has 0 saturated carbocycles. The number of nitrogens with zero attached hydrogens (tertiary/aromatic N) is 4. The molecule has 152 valence electrons. The molecule has 11 heteroatoms. The number of benzene rings is 1. The molecule has 1 fully saturated rings. The Labute approximate surface area is 178 Å². The third kappa shape index (κ3) is 7.60. The van der Waals surface area contributed by atoms with E-state index in [1.807, 2.05) is 29.2 Å². The minimum atomic E-state index is -4.43. The highest BCUT2D eigenvalue weighted by atomic mass is 127. The van der Waals surface area contributed by atoms with E-state index in [0.717, 1.165) is 12.7 Å². The van der Waals surface area contributed by atoms with E-state index in [0.29, 0.717) is 36.1 Å². The summed E-state index contributed by atoms with van der Waals surface area (Å²) in [6, 6.07) is 7.51. The molecule has 1 aliphatic heterocycles. The first-order chi connectivity index (χ1) is 12.2. The molecule has 6 nitrogen and oxygen atoms in total. The Morgan fingerprint density at radius 2 is 1.78 bits per heavy atom. The first-order valence-corrected chi connectivity index (χ1v) is 8.39. The number of anilines is 1. The van der Waals surface area contributed by atoms with Crippen LogP contribution in [0, 0.1) is 0 Å². The third-order valence-corrected chi connectivity index (χ3v) is 4.27. The SMILES string of the molecule is CN(CC(F)(F)F)C(=O)CN=C(N)N1CCN(c2ccc(Cl)cc2)CC1.I. The quantitative estimate of drug-likeness (QED) is 0.377. The lowest BCUT2D eigenvalue weighted by atomic mass is 10.2. The number of alkyl halides is 3. The normalized spacial score (nSPS) is 15.4. The standard InChI is InChI=1S/C16H21ClF3N5O.HI/c1-23(11-16(18,19)20)14(26)10-22-15(21)25-8-6-24(7-9-25)13-4-2-12(17)3-5-13;/h2-5H,6-11H2,1H3,(H2,21,22);1H. The van der Waals surface area contributed by atoms with Crippen molar-refractivity contribution >= 4 is 53.1 Å². The summed E-state index contributed by atoms with van der Waals surface area (Å²) >= 11 is 5.88. The summed E-state index contributed by atoms with van der Waals surface area (Å²) in [5.74, 6) is -0.570. The lowest BCUT2D eigenvalue weighted by molar-refractivity contribution is -0.157. The van der Waals surface area contributed by atoms with Crippen molar-refractivity contribution in [2.45, 2.75) is 6.18 Å². The first-order valence-electron chi connectivity index (χ1n) is 8.02. The zero-order valence-electron chi connectivity index (χ0n) is 14.7. The number of guanidine groups is 1. The van der Waals surface area contributed by atoms with Crippen LogP contribution in [-0.4, -0.2) is 74.2 Å². The molecule has 1 aromatic rings. The molecule has 0 bridgehead atoms. The largest absolute Gasteiger partial charge is 0.406 e. The molecular formula is C16H22ClF3IN5O. The maximum absolute atomic E-state index is 12.3. The molecule has 0 atom stereocenters. The summed E-state index contributed by atoms with van der Waals surface area (Å²) in [7, 11) is 1.09. The van der Waals surface area contributed by atoms with E-state index in [-0.39, 0.29) is 29.9 Å². The second-order valence-corrected chi connectivity index (χ2v) is 6.43. The van der Waals surface area contributed by atoms with Crippen LogP contribution in [0.15, 0.2) is 29.3 Å². The van der Waals surface area contributed by atoms with Crippen molar-refractivity contribution in [3.05, 3.63) is 29.3 Å². The van der Waals surface area contributed by atoms with Crippen LogP contribution in [0.25, 0.3) is 0 Å². The number of rotatable bonds is 4. The molecule has 1 aromatic carbocycles. The van der Waals surface area contributed by atoms with Gasteiger partial charge in [-0.1, -0.05) is 11.6 Å². The van der Waals surface area contributed by atoms with Crippen molar-refractivity contribution in [1.82, 2.24) is 9.80 Å². The summed E-state index contributed by atoms with van der Waals surface area (Å²) < 4.78 is 36.8. The van der Waals surface area contributed by atoms with Crippen molar-refractivity contribution < 1.29 is 18.0 Å². The highest BCUT2D eigenvalue weighted by Gasteiger charge is 2.31. The summed E-state index contributed by atoms with van der Waals surface area (Å²) in [5.41, 5.74) is 6.92. The van der Waals surface area contributed by atoms with Gasteiger partial charge in [0.15, 0.2) is 5.96 Å². The van der Waals surface area contributed by atoms with Gasteiger partial charge in [0.2, 0.25) is 5.91 Å². The van der Waals surface area contributed by atoms with Gasteiger partial charge in [-0.2, -0.15) is 13.2 Å². The highest BCUT2D eigenvalue weighted by molar-refractivity contribution is 14.0. The van der Waals surface area contributed by atoms with E-state index in [1.54, 1.807) is 0 Å². The molecule has 0 radical (unpaired) electrons. The van der Waals surface area contributed by atoms with Crippen LogP contribution in [0.4, 0.5) is 18.9 Å². The maximum atomic E-state index is 12.3. The van der Waals surface area contributed by atoms with Crippen LogP contribution in [0.1, 0.15) is 0 Å². The Balaban J connectivity index is 0.00000364. The average molecular weight is 520 g/mol. The number of hydrogen-bond donors (Lipinski definition) is 1. The van der Waals surface area contributed by atoms with Crippen molar-refractivity contribution in [3.8, 4) is 0 Å². The molecular weight excluding hydrogens is 498 g/mol. The minimum Gasteiger partial charge on any atom is -0.370 e. The zero-order valence-corrected chi connectivity index (χ0v) is 17.8. The number of likely N-dealkylation sites (N-methyl/N-ethyl adjacent to an activating group) is 1. The van der Waals surface area contributed by atoms with Crippen molar-refractivity contribution in [2.75, 3.05) is 51.2 Å². The molecule has 1 aliphatic rings. The number of piperazine rings is 1.